The molecule has 1 saturated carbocycles. The minimum atomic E-state index is -0.0557. The fraction of sp³-hybridized carbons (Fsp3) is 0.652. The third-order valence-corrected chi connectivity index (χ3v) is 6.92. The Hall–Kier alpha value is -1.88. The first-order chi connectivity index (χ1) is 13.5. The zero-order valence-corrected chi connectivity index (χ0v) is 17.0. The van der Waals surface area contributed by atoms with Crippen LogP contribution < -0.4 is 5.32 Å². The molecule has 4 rings (SSSR count). The smallest absolute Gasteiger partial charge is 0.228 e. The van der Waals surface area contributed by atoms with Crippen LogP contribution in [0.3, 0.4) is 0 Å². The molecule has 0 aromatic heterocycles. The number of piperidine rings is 2. The van der Waals surface area contributed by atoms with Crippen molar-refractivity contribution in [3.8, 4) is 0 Å². The first-order valence-electron chi connectivity index (χ1n) is 10.9. The predicted molar refractivity (Wildman–Crippen MR) is 110 cm³/mol. The van der Waals surface area contributed by atoms with Gasteiger partial charge in [-0.25, -0.2) is 0 Å². The van der Waals surface area contributed by atoms with Crippen molar-refractivity contribution in [1.82, 2.24) is 15.1 Å². The Morgan fingerprint density at radius 2 is 1.79 bits per heavy atom. The predicted octanol–water partition coefficient (Wildman–Crippen LogP) is 2.81. The van der Waals surface area contributed by atoms with Crippen LogP contribution in [0.15, 0.2) is 30.3 Å². The summed E-state index contributed by atoms with van der Waals surface area (Å²) in [5.41, 5.74) is 1.09. The standard InChI is InChI=1S/C23H33N3O2/c1-23(11-12-23)22(28)25-14-9-20(10-15-25)26-13-5-8-19(17-26)21(27)24-16-18-6-3-2-4-7-18/h2-4,6-7,19-20H,5,8-17H2,1H3,(H,24,27)/t19-/m0/s1. The van der Waals surface area contributed by atoms with Gasteiger partial charge >= 0.3 is 0 Å². The summed E-state index contributed by atoms with van der Waals surface area (Å²) in [5, 5.41) is 3.12. The molecule has 2 amide bonds. The quantitative estimate of drug-likeness (QED) is 0.851. The van der Waals surface area contributed by atoms with E-state index >= 15 is 0 Å². The Kier molecular flexibility index (Phi) is 5.72. The van der Waals surface area contributed by atoms with Gasteiger partial charge in [0.15, 0.2) is 0 Å². The molecule has 2 heterocycles. The number of amides is 2. The molecule has 1 atom stereocenters. The van der Waals surface area contributed by atoms with Crippen LogP contribution in [0.2, 0.25) is 0 Å². The topological polar surface area (TPSA) is 52.7 Å². The normalized spacial score (nSPS) is 25.3. The number of carbonyl (C=O) groups is 2. The number of nitrogens with one attached hydrogen (secondary N) is 1. The van der Waals surface area contributed by atoms with E-state index in [0.717, 1.165) is 70.3 Å². The number of benzene rings is 1. The first-order valence-corrected chi connectivity index (χ1v) is 10.9. The van der Waals surface area contributed by atoms with Crippen molar-refractivity contribution < 1.29 is 9.59 Å². The van der Waals surface area contributed by atoms with Crippen LogP contribution >= 0.6 is 0 Å². The fourth-order valence-corrected chi connectivity index (χ4v) is 4.70. The van der Waals surface area contributed by atoms with Gasteiger partial charge in [0.05, 0.1) is 5.92 Å². The molecule has 0 radical (unpaired) electrons. The summed E-state index contributed by atoms with van der Waals surface area (Å²) in [6.45, 7) is 6.40. The lowest BCUT2D eigenvalue weighted by atomic mass is 9.93. The lowest BCUT2D eigenvalue weighted by molar-refractivity contribution is -0.138. The van der Waals surface area contributed by atoms with E-state index in [0.29, 0.717) is 18.5 Å². The molecule has 5 heteroatoms. The molecule has 0 bridgehead atoms. The number of carbonyl (C=O) groups excluding carboxylic acids is 2. The minimum Gasteiger partial charge on any atom is -0.352 e. The van der Waals surface area contributed by atoms with E-state index in [-0.39, 0.29) is 17.2 Å². The van der Waals surface area contributed by atoms with Crippen LogP contribution in [0.25, 0.3) is 0 Å². The van der Waals surface area contributed by atoms with Gasteiger partial charge in [0.1, 0.15) is 0 Å². The molecule has 0 spiro atoms. The molecule has 3 aliphatic rings. The van der Waals surface area contributed by atoms with Gasteiger partial charge in [0.2, 0.25) is 11.8 Å². The highest BCUT2D eigenvalue weighted by atomic mass is 16.2. The molecular formula is C23H33N3O2. The monoisotopic (exact) mass is 383 g/mol. The van der Waals surface area contributed by atoms with Gasteiger partial charge in [-0.05, 0) is 50.6 Å². The Labute approximate surface area is 168 Å². The lowest BCUT2D eigenvalue weighted by Crippen LogP contribution is -2.52. The summed E-state index contributed by atoms with van der Waals surface area (Å²) in [6, 6.07) is 10.6. The fourth-order valence-electron chi connectivity index (χ4n) is 4.70. The van der Waals surface area contributed by atoms with Gasteiger partial charge < -0.3 is 10.2 Å². The number of likely N-dealkylation sites (tertiary alicyclic amines) is 2. The van der Waals surface area contributed by atoms with Gasteiger partial charge in [-0.15, -0.1) is 0 Å². The zero-order chi connectivity index (χ0) is 19.6. The van der Waals surface area contributed by atoms with Gasteiger partial charge in [-0.1, -0.05) is 37.3 Å². The van der Waals surface area contributed by atoms with E-state index < -0.39 is 0 Å². The second-order valence-corrected chi connectivity index (χ2v) is 9.12. The average molecular weight is 384 g/mol. The number of nitrogens with zero attached hydrogens (tertiary/aromatic N) is 2. The van der Waals surface area contributed by atoms with Crippen molar-refractivity contribution in [1.29, 1.82) is 0 Å². The van der Waals surface area contributed by atoms with Crippen LogP contribution in [-0.2, 0) is 16.1 Å². The van der Waals surface area contributed by atoms with Crippen LogP contribution in [0.1, 0.15) is 51.0 Å². The van der Waals surface area contributed by atoms with Crippen LogP contribution in [0.4, 0.5) is 0 Å². The maximum Gasteiger partial charge on any atom is 0.228 e. The summed E-state index contributed by atoms with van der Waals surface area (Å²) in [7, 11) is 0. The van der Waals surface area contributed by atoms with E-state index in [2.05, 4.69) is 22.0 Å². The molecule has 0 unspecified atom stereocenters. The van der Waals surface area contributed by atoms with Crippen molar-refractivity contribution in [2.75, 3.05) is 26.2 Å². The van der Waals surface area contributed by atoms with Crippen molar-refractivity contribution in [2.45, 2.75) is 58.0 Å². The molecule has 1 aromatic rings. The Morgan fingerprint density at radius 3 is 2.46 bits per heavy atom. The van der Waals surface area contributed by atoms with E-state index in [4.69, 9.17) is 0 Å². The van der Waals surface area contributed by atoms with Gasteiger partial charge in [-0.2, -0.15) is 0 Å². The molecule has 1 aromatic carbocycles. The largest absolute Gasteiger partial charge is 0.352 e. The third-order valence-electron chi connectivity index (χ3n) is 6.92. The molecular weight excluding hydrogens is 350 g/mol. The summed E-state index contributed by atoms with van der Waals surface area (Å²) < 4.78 is 0. The van der Waals surface area contributed by atoms with E-state index in [1.165, 1.54) is 0 Å². The molecule has 5 nitrogen and oxygen atoms in total. The van der Waals surface area contributed by atoms with E-state index in [1.807, 2.05) is 30.3 Å². The highest BCUT2D eigenvalue weighted by Gasteiger charge is 2.47. The second-order valence-electron chi connectivity index (χ2n) is 9.12. The van der Waals surface area contributed by atoms with Crippen molar-refractivity contribution in [3.05, 3.63) is 35.9 Å². The Bertz CT molecular complexity index is 693. The third kappa shape index (κ3) is 4.40. The highest BCUT2D eigenvalue weighted by molar-refractivity contribution is 5.85. The summed E-state index contributed by atoms with van der Waals surface area (Å²) in [4.78, 5) is 29.8. The van der Waals surface area contributed by atoms with E-state index in [1.54, 1.807) is 0 Å². The molecule has 1 aliphatic carbocycles. The maximum atomic E-state index is 12.7. The molecule has 3 fully saturated rings. The van der Waals surface area contributed by atoms with Gasteiger partial charge in [-0.3, -0.25) is 14.5 Å². The van der Waals surface area contributed by atoms with Crippen molar-refractivity contribution >= 4 is 11.8 Å². The lowest BCUT2D eigenvalue weighted by Gasteiger charge is -2.42. The molecule has 2 saturated heterocycles. The molecule has 1 N–H and O–H groups in total. The second kappa shape index (κ2) is 8.24. The van der Waals surface area contributed by atoms with Crippen molar-refractivity contribution in [2.24, 2.45) is 11.3 Å². The minimum absolute atomic E-state index is 0.0557. The number of rotatable bonds is 5. The van der Waals surface area contributed by atoms with Crippen LogP contribution in [0, 0.1) is 11.3 Å². The first kappa shape index (κ1) is 19.4. The van der Waals surface area contributed by atoms with Crippen molar-refractivity contribution in [3.63, 3.8) is 0 Å². The summed E-state index contributed by atoms with van der Waals surface area (Å²) >= 11 is 0. The summed E-state index contributed by atoms with van der Waals surface area (Å²) in [5.74, 6) is 0.632. The van der Waals surface area contributed by atoms with Crippen LogP contribution in [-0.4, -0.2) is 53.8 Å². The summed E-state index contributed by atoms with van der Waals surface area (Å²) in [6.07, 6.45) is 6.25. The van der Waals surface area contributed by atoms with E-state index in [9.17, 15) is 9.59 Å². The number of hydrogen-bond acceptors (Lipinski definition) is 3. The molecule has 152 valence electrons. The van der Waals surface area contributed by atoms with Gasteiger partial charge in [0.25, 0.3) is 0 Å². The van der Waals surface area contributed by atoms with Crippen LogP contribution in [0.5, 0.6) is 0 Å². The maximum absolute atomic E-state index is 12.7. The SMILES string of the molecule is CC1(C(=O)N2CCC(N3CCC[C@H](C(=O)NCc4ccccc4)C3)CC2)CC1. The Balaban J connectivity index is 1.25. The van der Waals surface area contributed by atoms with Gasteiger partial charge in [0, 0.05) is 37.6 Å². The molecule has 28 heavy (non-hydrogen) atoms. The highest BCUT2D eigenvalue weighted by Crippen LogP contribution is 2.46. The zero-order valence-electron chi connectivity index (χ0n) is 17.0. The average Bonchev–Trinajstić information content (AvgIpc) is 3.51. The Morgan fingerprint density at radius 1 is 1.07 bits per heavy atom. The molecule has 2 aliphatic heterocycles. The number of hydrogen-bond donors (Lipinski definition) is 1.